The minimum Gasteiger partial charge on any atom is -0.354 e. The van der Waals surface area contributed by atoms with Crippen molar-refractivity contribution in [1.82, 2.24) is 24.8 Å². The number of rotatable bonds is 2. The van der Waals surface area contributed by atoms with E-state index in [4.69, 9.17) is 0 Å². The van der Waals surface area contributed by atoms with Crippen LogP contribution in [0.4, 0.5) is 0 Å². The first-order valence-corrected chi connectivity index (χ1v) is 6.74. The number of nitrogens with zero attached hydrogens (tertiary/aromatic N) is 4. The van der Waals surface area contributed by atoms with E-state index in [2.05, 4.69) is 15.3 Å². The Labute approximate surface area is 121 Å². The second-order valence-electron chi connectivity index (χ2n) is 4.77. The molecule has 0 spiro atoms. The van der Waals surface area contributed by atoms with Crippen molar-refractivity contribution in [3.05, 3.63) is 42.6 Å². The largest absolute Gasteiger partial charge is 0.354 e. The molecule has 2 aromatic rings. The first-order valence-electron chi connectivity index (χ1n) is 6.74. The minimum absolute atomic E-state index is 0.0149. The van der Waals surface area contributed by atoms with Crippen LogP contribution in [0.5, 0.6) is 0 Å². The molecule has 108 valence electrons. The molecule has 1 fully saturated rings. The lowest BCUT2D eigenvalue weighted by Crippen LogP contribution is -2.34. The fourth-order valence-electron chi connectivity index (χ4n) is 2.21. The van der Waals surface area contributed by atoms with E-state index in [0.717, 1.165) is 0 Å². The maximum atomic E-state index is 12.4. The summed E-state index contributed by atoms with van der Waals surface area (Å²) >= 11 is 0. The summed E-state index contributed by atoms with van der Waals surface area (Å²) in [5.74, 6) is 0.590. The van der Waals surface area contributed by atoms with Crippen molar-refractivity contribution in [3.8, 4) is 5.82 Å². The van der Waals surface area contributed by atoms with Gasteiger partial charge >= 0.3 is 0 Å². The standard InChI is InChI=1S/C14H15N5O2/c20-13-3-6-18(8-5-16-13)14(21)11-1-2-12(17-9-11)19-7-4-15-10-19/h1-2,4,7,9-10H,3,5-6,8H2,(H,16,20). The Hall–Kier alpha value is -2.70. The Balaban J connectivity index is 1.74. The molecule has 1 aliphatic rings. The van der Waals surface area contributed by atoms with Crippen LogP contribution in [0.1, 0.15) is 16.8 Å². The number of aromatic nitrogens is 3. The minimum atomic E-state index is -0.101. The molecule has 0 aliphatic carbocycles. The summed E-state index contributed by atoms with van der Waals surface area (Å²) < 4.78 is 1.77. The molecule has 0 atom stereocenters. The summed E-state index contributed by atoms with van der Waals surface area (Å²) in [7, 11) is 0. The van der Waals surface area contributed by atoms with Crippen LogP contribution in [0.15, 0.2) is 37.1 Å². The third kappa shape index (κ3) is 2.91. The third-order valence-corrected chi connectivity index (χ3v) is 3.36. The summed E-state index contributed by atoms with van der Waals surface area (Å²) in [5, 5.41) is 2.75. The first kappa shape index (κ1) is 13.3. The van der Waals surface area contributed by atoms with Crippen LogP contribution >= 0.6 is 0 Å². The Morgan fingerprint density at radius 1 is 1.29 bits per heavy atom. The maximum absolute atomic E-state index is 12.4. The number of carbonyl (C=O) groups excluding carboxylic acids is 2. The highest BCUT2D eigenvalue weighted by atomic mass is 16.2. The lowest BCUT2D eigenvalue weighted by Gasteiger charge is -2.19. The topological polar surface area (TPSA) is 80.1 Å². The molecular formula is C14H15N5O2. The zero-order valence-corrected chi connectivity index (χ0v) is 11.4. The van der Waals surface area contributed by atoms with E-state index in [1.54, 1.807) is 46.5 Å². The second-order valence-corrected chi connectivity index (χ2v) is 4.77. The van der Waals surface area contributed by atoms with Gasteiger partial charge in [0.2, 0.25) is 5.91 Å². The van der Waals surface area contributed by atoms with Crippen molar-refractivity contribution >= 4 is 11.8 Å². The number of pyridine rings is 1. The van der Waals surface area contributed by atoms with Crippen LogP contribution in [0.2, 0.25) is 0 Å². The van der Waals surface area contributed by atoms with E-state index >= 15 is 0 Å². The van der Waals surface area contributed by atoms with Crippen LogP contribution in [0, 0.1) is 0 Å². The van der Waals surface area contributed by atoms with Crippen molar-refractivity contribution in [1.29, 1.82) is 0 Å². The molecule has 2 amide bonds. The van der Waals surface area contributed by atoms with Crippen LogP contribution < -0.4 is 5.32 Å². The van der Waals surface area contributed by atoms with Crippen molar-refractivity contribution in [2.75, 3.05) is 19.6 Å². The normalized spacial score (nSPS) is 15.4. The van der Waals surface area contributed by atoms with E-state index in [-0.39, 0.29) is 11.8 Å². The van der Waals surface area contributed by atoms with E-state index in [1.165, 1.54) is 0 Å². The SMILES string of the molecule is O=C1CCN(C(=O)c2ccc(-n3ccnc3)nc2)CCN1. The Bertz CT molecular complexity index is 636. The lowest BCUT2D eigenvalue weighted by atomic mass is 10.2. The van der Waals surface area contributed by atoms with Gasteiger partial charge in [0.1, 0.15) is 12.1 Å². The number of hydrogen-bond donors (Lipinski definition) is 1. The van der Waals surface area contributed by atoms with Crippen LogP contribution in [0.25, 0.3) is 5.82 Å². The van der Waals surface area contributed by atoms with Crippen LogP contribution in [0.3, 0.4) is 0 Å². The van der Waals surface area contributed by atoms with Crippen molar-refractivity contribution in [2.24, 2.45) is 0 Å². The van der Waals surface area contributed by atoms with Gasteiger partial charge in [0, 0.05) is 44.6 Å². The second kappa shape index (κ2) is 5.74. The van der Waals surface area contributed by atoms with Gasteiger partial charge in [-0.15, -0.1) is 0 Å². The molecule has 0 bridgehead atoms. The van der Waals surface area contributed by atoms with Gasteiger partial charge < -0.3 is 10.2 Å². The quantitative estimate of drug-likeness (QED) is 0.856. The summed E-state index contributed by atoms with van der Waals surface area (Å²) in [5.41, 5.74) is 0.521. The lowest BCUT2D eigenvalue weighted by molar-refractivity contribution is -0.120. The molecule has 2 aromatic heterocycles. The summed E-state index contributed by atoms with van der Waals surface area (Å²) in [6.45, 7) is 1.45. The highest BCUT2D eigenvalue weighted by Gasteiger charge is 2.19. The van der Waals surface area contributed by atoms with Crippen LogP contribution in [-0.2, 0) is 4.79 Å². The Kier molecular flexibility index (Phi) is 3.63. The first-order chi connectivity index (χ1) is 10.2. The predicted octanol–water partition coefficient (Wildman–Crippen LogP) is 0.229. The molecule has 0 aromatic carbocycles. The van der Waals surface area contributed by atoms with Gasteiger partial charge in [-0.3, -0.25) is 14.2 Å². The number of amides is 2. The van der Waals surface area contributed by atoms with E-state index in [1.807, 2.05) is 0 Å². The van der Waals surface area contributed by atoms with Crippen LogP contribution in [-0.4, -0.2) is 50.9 Å². The summed E-state index contributed by atoms with van der Waals surface area (Å²) in [4.78, 5) is 33.6. The third-order valence-electron chi connectivity index (χ3n) is 3.36. The van der Waals surface area contributed by atoms with E-state index < -0.39 is 0 Å². The average molecular weight is 285 g/mol. The maximum Gasteiger partial charge on any atom is 0.255 e. The molecule has 0 saturated carbocycles. The highest BCUT2D eigenvalue weighted by Crippen LogP contribution is 2.09. The number of imidazole rings is 1. The average Bonchev–Trinajstić information content (AvgIpc) is 2.96. The monoisotopic (exact) mass is 285 g/mol. The molecule has 1 aliphatic heterocycles. The molecule has 0 radical (unpaired) electrons. The molecule has 3 rings (SSSR count). The van der Waals surface area contributed by atoms with Crippen molar-refractivity contribution < 1.29 is 9.59 Å². The van der Waals surface area contributed by atoms with Gasteiger partial charge in [0.15, 0.2) is 0 Å². The zero-order chi connectivity index (χ0) is 14.7. The Morgan fingerprint density at radius 2 is 2.19 bits per heavy atom. The van der Waals surface area contributed by atoms with Gasteiger partial charge in [0.05, 0.1) is 5.56 Å². The number of hydrogen-bond acceptors (Lipinski definition) is 4. The smallest absolute Gasteiger partial charge is 0.255 e. The van der Waals surface area contributed by atoms with Crippen molar-refractivity contribution in [3.63, 3.8) is 0 Å². The molecule has 7 heteroatoms. The Morgan fingerprint density at radius 3 is 2.90 bits per heavy atom. The van der Waals surface area contributed by atoms with Gasteiger partial charge in [-0.25, -0.2) is 9.97 Å². The van der Waals surface area contributed by atoms with E-state index in [9.17, 15) is 9.59 Å². The molecule has 1 saturated heterocycles. The number of carbonyl (C=O) groups is 2. The summed E-state index contributed by atoms with van der Waals surface area (Å²) in [6.07, 6.45) is 7.00. The summed E-state index contributed by atoms with van der Waals surface area (Å²) in [6, 6.07) is 3.51. The molecule has 3 heterocycles. The van der Waals surface area contributed by atoms with Gasteiger partial charge in [-0.2, -0.15) is 0 Å². The number of nitrogens with one attached hydrogen (secondary N) is 1. The van der Waals surface area contributed by atoms with Gasteiger partial charge in [-0.05, 0) is 12.1 Å². The predicted molar refractivity (Wildman–Crippen MR) is 74.9 cm³/mol. The van der Waals surface area contributed by atoms with Crippen molar-refractivity contribution in [2.45, 2.75) is 6.42 Å². The molecule has 21 heavy (non-hydrogen) atoms. The molecule has 1 N–H and O–H groups in total. The highest BCUT2D eigenvalue weighted by molar-refractivity contribution is 5.94. The van der Waals surface area contributed by atoms with E-state index in [0.29, 0.717) is 37.4 Å². The molecule has 7 nitrogen and oxygen atoms in total. The zero-order valence-electron chi connectivity index (χ0n) is 11.4. The van der Waals surface area contributed by atoms with Gasteiger partial charge in [0.25, 0.3) is 5.91 Å². The molecule has 0 unspecified atom stereocenters. The fourth-order valence-corrected chi connectivity index (χ4v) is 2.21. The fraction of sp³-hybridized carbons (Fsp3) is 0.286. The molecular weight excluding hydrogens is 270 g/mol. The van der Waals surface area contributed by atoms with Gasteiger partial charge in [-0.1, -0.05) is 0 Å².